The fourth-order valence-corrected chi connectivity index (χ4v) is 1.79. The molecule has 1 N–H and O–H groups in total. The number of benzene rings is 1. The summed E-state index contributed by atoms with van der Waals surface area (Å²) < 4.78 is 32.0. The molecule has 2 rings (SSSR count). The standard InChI is InChI=1S/C14H15F2NO/c1-9-3-5-12(18-9)8-17-10(2)13-7-11(15)4-6-14(13)16/h3-7,10,17H,8H2,1-2H3. The molecule has 96 valence electrons. The number of hydrogen-bond donors (Lipinski definition) is 1. The van der Waals surface area contributed by atoms with Gasteiger partial charge in [0.25, 0.3) is 0 Å². The first-order valence-corrected chi connectivity index (χ1v) is 5.80. The van der Waals surface area contributed by atoms with Gasteiger partial charge in [-0.25, -0.2) is 8.78 Å². The molecular weight excluding hydrogens is 236 g/mol. The van der Waals surface area contributed by atoms with Crippen LogP contribution in [0.1, 0.15) is 30.0 Å². The molecule has 1 unspecified atom stereocenters. The minimum absolute atomic E-state index is 0.286. The maximum absolute atomic E-state index is 13.5. The van der Waals surface area contributed by atoms with Crippen LogP contribution in [0.25, 0.3) is 0 Å². The van der Waals surface area contributed by atoms with Crippen molar-refractivity contribution in [2.75, 3.05) is 0 Å². The molecule has 0 aliphatic heterocycles. The van der Waals surface area contributed by atoms with Crippen LogP contribution < -0.4 is 5.32 Å². The summed E-state index contributed by atoms with van der Waals surface area (Å²) in [4.78, 5) is 0. The van der Waals surface area contributed by atoms with Crippen molar-refractivity contribution in [2.45, 2.75) is 26.4 Å². The molecule has 4 heteroatoms. The van der Waals surface area contributed by atoms with Crippen molar-refractivity contribution in [2.24, 2.45) is 0 Å². The fourth-order valence-electron chi connectivity index (χ4n) is 1.79. The first-order chi connectivity index (χ1) is 8.56. The van der Waals surface area contributed by atoms with E-state index in [9.17, 15) is 8.78 Å². The van der Waals surface area contributed by atoms with Crippen molar-refractivity contribution >= 4 is 0 Å². The van der Waals surface area contributed by atoms with Gasteiger partial charge in [-0.05, 0) is 44.2 Å². The van der Waals surface area contributed by atoms with Crippen LogP contribution in [0.3, 0.4) is 0 Å². The average Bonchev–Trinajstić information content (AvgIpc) is 2.75. The lowest BCUT2D eigenvalue weighted by Gasteiger charge is -2.14. The zero-order chi connectivity index (χ0) is 13.1. The van der Waals surface area contributed by atoms with E-state index in [0.717, 1.165) is 23.7 Å². The van der Waals surface area contributed by atoms with E-state index < -0.39 is 11.6 Å². The molecule has 0 amide bonds. The maximum atomic E-state index is 13.5. The average molecular weight is 251 g/mol. The first-order valence-electron chi connectivity index (χ1n) is 5.80. The highest BCUT2D eigenvalue weighted by Gasteiger charge is 2.12. The summed E-state index contributed by atoms with van der Waals surface area (Å²) in [6, 6.07) is 6.90. The largest absolute Gasteiger partial charge is 0.465 e. The smallest absolute Gasteiger partial charge is 0.128 e. The van der Waals surface area contributed by atoms with Gasteiger partial charge in [-0.3, -0.25) is 0 Å². The van der Waals surface area contributed by atoms with Crippen LogP contribution in [-0.2, 0) is 6.54 Å². The number of rotatable bonds is 4. The minimum atomic E-state index is -0.436. The zero-order valence-electron chi connectivity index (χ0n) is 10.3. The Hall–Kier alpha value is -1.68. The summed E-state index contributed by atoms with van der Waals surface area (Å²) in [6.07, 6.45) is 0. The summed E-state index contributed by atoms with van der Waals surface area (Å²) >= 11 is 0. The molecule has 0 saturated heterocycles. The van der Waals surface area contributed by atoms with Crippen LogP contribution in [0.2, 0.25) is 0 Å². The van der Waals surface area contributed by atoms with Gasteiger partial charge in [0, 0.05) is 11.6 Å². The third kappa shape index (κ3) is 2.96. The van der Waals surface area contributed by atoms with Crippen molar-refractivity contribution in [1.82, 2.24) is 5.32 Å². The van der Waals surface area contributed by atoms with E-state index in [-0.39, 0.29) is 6.04 Å². The van der Waals surface area contributed by atoms with E-state index in [1.165, 1.54) is 6.07 Å². The van der Waals surface area contributed by atoms with Crippen LogP contribution in [0.4, 0.5) is 8.78 Å². The Morgan fingerprint density at radius 1 is 1.22 bits per heavy atom. The lowest BCUT2D eigenvalue weighted by atomic mass is 10.1. The second-order valence-electron chi connectivity index (χ2n) is 4.28. The number of halogens is 2. The second-order valence-corrected chi connectivity index (χ2v) is 4.28. The molecule has 0 saturated carbocycles. The molecular formula is C14H15F2NO. The van der Waals surface area contributed by atoms with Gasteiger partial charge in [0.15, 0.2) is 0 Å². The third-order valence-corrected chi connectivity index (χ3v) is 2.80. The number of hydrogen-bond acceptors (Lipinski definition) is 2. The summed E-state index contributed by atoms with van der Waals surface area (Å²) in [5.74, 6) is 0.758. The predicted molar refractivity (Wildman–Crippen MR) is 65.1 cm³/mol. The second kappa shape index (κ2) is 5.31. The van der Waals surface area contributed by atoms with Gasteiger partial charge in [-0.15, -0.1) is 0 Å². The summed E-state index contributed by atoms with van der Waals surface area (Å²) in [5.41, 5.74) is 0.318. The molecule has 0 spiro atoms. The Morgan fingerprint density at radius 2 is 2.00 bits per heavy atom. The molecule has 1 atom stereocenters. The Morgan fingerprint density at radius 3 is 2.67 bits per heavy atom. The lowest BCUT2D eigenvalue weighted by molar-refractivity contribution is 0.437. The maximum Gasteiger partial charge on any atom is 0.128 e. The Labute approximate surface area is 105 Å². The molecule has 0 aliphatic carbocycles. The van der Waals surface area contributed by atoms with E-state index in [0.29, 0.717) is 12.1 Å². The molecule has 0 fully saturated rings. The van der Waals surface area contributed by atoms with E-state index >= 15 is 0 Å². The molecule has 0 aliphatic rings. The molecule has 2 aromatic rings. The molecule has 2 nitrogen and oxygen atoms in total. The molecule has 1 aromatic carbocycles. The van der Waals surface area contributed by atoms with Crippen LogP contribution in [0.5, 0.6) is 0 Å². The summed E-state index contributed by atoms with van der Waals surface area (Å²) in [7, 11) is 0. The number of nitrogens with one attached hydrogen (secondary N) is 1. The third-order valence-electron chi connectivity index (χ3n) is 2.80. The van der Waals surface area contributed by atoms with E-state index in [1.807, 2.05) is 19.1 Å². The van der Waals surface area contributed by atoms with Crippen LogP contribution >= 0.6 is 0 Å². The fraction of sp³-hybridized carbons (Fsp3) is 0.286. The normalized spacial score (nSPS) is 12.7. The van der Waals surface area contributed by atoms with Crippen molar-refractivity contribution in [1.29, 1.82) is 0 Å². The van der Waals surface area contributed by atoms with Gasteiger partial charge in [-0.1, -0.05) is 0 Å². The first kappa shape index (κ1) is 12.8. The summed E-state index contributed by atoms with van der Waals surface area (Å²) in [6.45, 7) is 4.12. The molecule has 18 heavy (non-hydrogen) atoms. The highest BCUT2D eigenvalue weighted by molar-refractivity contribution is 5.22. The number of furan rings is 1. The SMILES string of the molecule is Cc1ccc(CNC(C)c2cc(F)ccc2F)o1. The highest BCUT2D eigenvalue weighted by Crippen LogP contribution is 2.18. The molecule has 0 bridgehead atoms. The van der Waals surface area contributed by atoms with Crippen LogP contribution in [0, 0.1) is 18.6 Å². The van der Waals surface area contributed by atoms with Gasteiger partial charge in [-0.2, -0.15) is 0 Å². The summed E-state index contributed by atoms with van der Waals surface area (Å²) in [5, 5.41) is 3.10. The van der Waals surface area contributed by atoms with Gasteiger partial charge >= 0.3 is 0 Å². The van der Waals surface area contributed by atoms with Crippen molar-refractivity contribution < 1.29 is 13.2 Å². The van der Waals surface area contributed by atoms with Gasteiger partial charge in [0.2, 0.25) is 0 Å². The Bertz CT molecular complexity index is 536. The van der Waals surface area contributed by atoms with Crippen molar-refractivity contribution in [3.63, 3.8) is 0 Å². The predicted octanol–water partition coefficient (Wildman–Crippen LogP) is 3.72. The number of aryl methyl sites for hydroxylation is 1. The highest BCUT2D eigenvalue weighted by atomic mass is 19.1. The van der Waals surface area contributed by atoms with Gasteiger partial charge < -0.3 is 9.73 Å². The Kier molecular flexibility index (Phi) is 3.77. The minimum Gasteiger partial charge on any atom is -0.465 e. The van der Waals surface area contributed by atoms with Gasteiger partial charge in [0.05, 0.1) is 6.54 Å². The van der Waals surface area contributed by atoms with Gasteiger partial charge in [0.1, 0.15) is 23.2 Å². The molecule has 1 heterocycles. The van der Waals surface area contributed by atoms with Crippen LogP contribution in [-0.4, -0.2) is 0 Å². The van der Waals surface area contributed by atoms with Crippen molar-refractivity contribution in [3.05, 3.63) is 59.1 Å². The van der Waals surface area contributed by atoms with E-state index in [4.69, 9.17) is 4.42 Å². The Balaban J connectivity index is 2.03. The lowest BCUT2D eigenvalue weighted by Crippen LogP contribution is -2.19. The van der Waals surface area contributed by atoms with E-state index in [1.54, 1.807) is 6.92 Å². The molecule has 1 aromatic heterocycles. The van der Waals surface area contributed by atoms with Crippen LogP contribution in [0.15, 0.2) is 34.7 Å². The van der Waals surface area contributed by atoms with Crippen molar-refractivity contribution in [3.8, 4) is 0 Å². The monoisotopic (exact) mass is 251 g/mol. The topological polar surface area (TPSA) is 25.2 Å². The quantitative estimate of drug-likeness (QED) is 0.896. The molecule has 0 radical (unpaired) electrons. The zero-order valence-corrected chi connectivity index (χ0v) is 10.3. The van der Waals surface area contributed by atoms with E-state index in [2.05, 4.69) is 5.32 Å².